The third-order valence-corrected chi connectivity index (χ3v) is 2.36. The molecule has 15 heavy (non-hydrogen) atoms. The van der Waals surface area contributed by atoms with Crippen molar-refractivity contribution in [1.29, 1.82) is 0 Å². The third-order valence-electron chi connectivity index (χ3n) is 2.36. The van der Waals surface area contributed by atoms with Gasteiger partial charge in [0.1, 0.15) is 6.26 Å². The number of nitrogens with zero attached hydrogens (tertiary/aromatic N) is 1. The van der Waals surface area contributed by atoms with Gasteiger partial charge in [0, 0.05) is 6.04 Å². The Labute approximate surface area is 88.5 Å². The fraction of sp³-hybridized carbons (Fsp3) is 0.600. The van der Waals surface area contributed by atoms with Crippen LogP contribution in [0.25, 0.3) is 0 Å². The Hall–Kier alpha value is -1.52. The molecule has 1 atom stereocenters. The molecule has 0 bridgehead atoms. The molecule has 0 spiro atoms. The maximum atomic E-state index is 10.5. The van der Waals surface area contributed by atoms with Crippen molar-refractivity contribution in [3.8, 4) is 0 Å². The molecular formula is C10H16N2O3. The number of aromatic carboxylic acids is 1. The molecule has 0 aliphatic heterocycles. The van der Waals surface area contributed by atoms with Gasteiger partial charge in [0.25, 0.3) is 6.01 Å². The first-order valence-electron chi connectivity index (χ1n) is 4.76. The van der Waals surface area contributed by atoms with Gasteiger partial charge < -0.3 is 14.8 Å². The van der Waals surface area contributed by atoms with Crippen LogP contribution in [0.4, 0.5) is 6.01 Å². The molecule has 2 N–H and O–H groups in total. The number of rotatable bonds is 3. The zero-order valence-corrected chi connectivity index (χ0v) is 9.37. The molecule has 0 radical (unpaired) electrons. The molecule has 84 valence electrons. The Bertz CT molecular complexity index is 352. The highest BCUT2D eigenvalue weighted by Gasteiger charge is 2.21. The summed E-state index contributed by atoms with van der Waals surface area (Å²) in [6, 6.07) is 0.382. The molecular weight excluding hydrogens is 196 g/mol. The van der Waals surface area contributed by atoms with Gasteiger partial charge in [0.05, 0.1) is 0 Å². The van der Waals surface area contributed by atoms with Crippen LogP contribution >= 0.6 is 0 Å². The summed E-state index contributed by atoms with van der Waals surface area (Å²) < 4.78 is 4.99. The minimum absolute atomic E-state index is 0.0534. The van der Waals surface area contributed by atoms with Crippen LogP contribution in [0.3, 0.4) is 0 Å². The summed E-state index contributed by atoms with van der Waals surface area (Å²) in [5.74, 6) is -1.09. The van der Waals surface area contributed by atoms with Gasteiger partial charge >= 0.3 is 5.97 Å². The molecule has 0 aliphatic rings. The first-order valence-corrected chi connectivity index (χ1v) is 4.76. The number of carboxylic acids is 1. The van der Waals surface area contributed by atoms with Gasteiger partial charge in [-0.3, -0.25) is 0 Å². The summed E-state index contributed by atoms with van der Waals surface area (Å²) >= 11 is 0. The second-order valence-corrected chi connectivity index (χ2v) is 4.58. The maximum Gasteiger partial charge on any atom is 0.357 e. The number of hydrogen-bond donors (Lipinski definition) is 2. The molecule has 5 heteroatoms. The van der Waals surface area contributed by atoms with Gasteiger partial charge in [0.2, 0.25) is 0 Å². The Morgan fingerprint density at radius 1 is 1.60 bits per heavy atom. The minimum atomic E-state index is -1.09. The molecule has 0 amide bonds. The molecule has 0 aliphatic carbocycles. The SMILES string of the molecule is CC(Nc1nc(C(=O)O)co1)C(C)(C)C. The number of carbonyl (C=O) groups is 1. The topological polar surface area (TPSA) is 75.4 Å². The van der Waals surface area contributed by atoms with Gasteiger partial charge in [0.15, 0.2) is 5.69 Å². The van der Waals surface area contributed by atoms with Crippen LogP contribution in [0.15, 0.2) is 10.7 Å². The van der Waals surface area contributed by atoms with E-state index in [1.807, 2.05) is 6.92 Å². The Morgan fingerprint density at radius 2 is 2.20 bits per heavy atom. The van der Waals surface area contributed by atoms with E-state index in [2.05, 4.69) is 31.1 Å². The summed E-state index contributed by atoms with van der Waals surface area (Å²) in [5, 5.41) is 11.7. The lowest BCUT2D eigenvalue weighted by molar-refractivity contribution is 0.0690. The van der Waals surface area contributed by atoms with Crippen molar-refractivity contribution in [3.05, 3.63) is 12.0 Å². The Kier molecular flexibility index (Phi) is 3.02. The second kappa shape index (κ2) is 3.92. The summed E-state index contributed by atoms with van der Waals surface area (Å²) in [5.41, 5.74) is -0.0312. The van der Waals surface area contributed by atoms with Crippen molar-refractivity contribution in [1.82, 2.24) is 4.98 Å². The lowest BCUT2D eigenvalue weighted by atomic mass is 9.88. The van der Waals surface area contributed by atoms with Crippen molar-refractivity contribution in [2.75, 3.05) is 5.32 Å². The molecule has 1 aromatic heterocycles. The number of carboxylic acid groups (broad SMARTS) is 1. The fourth-order valence-electron chi connectivity index (χ4n) is 0.840. The molecule has 5 nitrogen and oxygen atoms in total. The van der Waals surface area contributed by atoms with E-state index in [9.17, 15) is 4.79 Å². The molecule has 1 heterocycles. The average molecular weight is 212 g/mol. The van der Waals surface area contributed by atoms with Gasteiger partial charge in [-0.25, -0.2) is 4.79 Å². The van der Waals surface area contributed by atoms with E-state index in [1.165, 1.54) is 0 Å². The molecule has 0 saturated heterocycles. The summed E-state index contributed by atoms with van der Waals surface area (Å²) in [7, 11) is 0. The number of hydrogen-bond acceptors (Lipinski definition) is 4. The van der Waals surface area contributed by atoms with Gasteiger partial charge in [-0.15, -0.1) is 0 Å². The standard InChI is InChI=1S/C10H16N2O3/c1-6(10(2,3)4)11-9-12-7(5-15-9)8(13)14/h5-6H,1-4H3,(H,11,12)(H,13,14). The number of oxazole rings is 1. The van der Waals surface area contributed by atoms with E-state index in [1.54, 1.807) is 0 Å². The highest BCUT2D eigenvalue weighted by atomic mass is 16.4. The lowest BCUT2D eigenvalue weighted by Crippen LogP contribution is -2.30. The van der Waals surface area contributed by atoms with Gasteiger partial charge in [-0.05, 0) is 12.3 Å². The minimum Gasteiger partial charge on any atom is -0.476 e. The maximum absolute atomic E-state index is 10.5. The van der Waals surface area contributed by atoms with Crippen molar-refractivity contribution in [2.24, 2.45) is 5.41 Å². The summed E-state index contributed by atoms with van der Waals surface area (Å²) in [4.78, 5) is 14.3. The number of nitrogens with one attached hydrogen (secondary N) is 1. The lowest BCUT2D eigenvalue weighted by Gasteiger charge is -2.27. The van der Waals surface area contributed by atoms with E-state index in [-0.39, 0.29) is 23.2 Å². The molecule has 0 fully saturated rings. The highest BCUT2D eigenvalue weighted by Crippen LogP contribution is 2.22. The van der Waals surface area contributed by atoms with Crippen LogP contribution in [0.2, 0.25) is 0 Å². The van der Waals surface area contributed by atoms with Crippen LogP contribution in [0.1, 0.15) is 38.2 Å². The predicted molar refractivity (Wildman–Crippen MR) is 56.0 cm³/mol. The first-order chi connectivity index (χ1) is 6.80. The molecule has 1 unspecified atom stereocenters. The number of anilines is 1. The van der Waals surface area contributed by atoms with E-state index in [0.29, 0.717) is 0 Å². The Morgan fingerprint density at radius 3 is 2.60 bits per heavy atom. The van der Waals surface area contributed by atoms with Crippen LogP contribution in [-0.4, -0.2) is 22.1 Å². The zero-order valence-electron chi connectivity index (χ0n) is 9.37. The van der Waals surface area contributed by atoms with E-state index < -0.39 is 5.97 Å². The van der Waals surface area contributed by atoms with Crippen molar-refractivity contribution in [3.63, 3.8) is 0 Å². The summed E-state index contributed by atoms with van der Waals surface area (Å²) in [6.45, 7) is 8.22. The van der Waals surface area contributed by atoms with E-state index in [0.717, 1.165) is 6.26 Å². The van der Waals surface area contributed by atoms with Crippen molar-refractivity contribution >= 4 is 12.0 Å². The smallest absolute Gasteiger partial charge is 0.357 e. The van der Waals surface area contributed by atoms with E-state index >= 15 is 0 Å². The molecule has 1 rings (SSSR count). The van der Waals surface area contributed by atoms with Gasteiger partial charge in [-0.1, -0.05) is 20.8 Å². The quantitative estimate of drug-likeness (QED) is 0.803. The second-order valence-electron chi connectivity index (χ2n) is 4.58. The van der Waals surface area contributed by atoms with Gasteiger partial charge in [-0.2, -0.15) is 4.98 Å². The monoisotopic (exact) mass is 212 g/mol. The average Bonchev–Trinajstić information content (AvgIpc) is 2.50. The summed E-state index contributed by atoms with van der Waals surface area (Å²) in [6.07, 6.45) is 1.13. The Balaban J connectivity index is 2.69. The first kappa shape index (κ1) is 11.6. The van der Waals surface area contributed by atoms with Crippen LogP contribution in [-0.2, 0) is 0 Å². The van der Waals surface area contributed by atoms with Crippen LogP contribution in [0.5, 0.6) is 0 Å². The molecule has 0 saturated carbocycles. The molecule has 0 aromatic carbocycles. The molecule has 1 aromatic rings. The number of aromatic nitrogens is 1. The van der Waals surface area contributed by atoms with Crippen LogP contribution in [0, 0.1) is 5.41 Å². The fourth-order valence-corrected chi connectivity index (χ4v) is 0.840. The third kappa shape index (κ3) is 2.97. The van der Waals surface area contributed by atoms with Crippen molar-refractivity contribution < 1.29 is 14.3 Å². The van der Waals surface area contributed by atoms with Crippen molar-refractivity contribution in [2.45, 2.75) is 33.7 Å². The normalized spacial score (nSPS) is 13.6. The van der Waals surface area contributed by atoms with E-state index in [4.69, 9.17) is 9.52 Å². The highest BCUT2D eigenvalue weighted by molar-refractivity contribution is 5.85. The zero-order chi connectivity index (χ0) is 11.6. The largest absolute Gasteiger partial charge is 0.476 e. The van der Waals surface area contributed by atoms with Crippen LogP contribution < -0.4 is 5.32 Å². The predicted octanol–water partition coefficient (Wildman–Crippen LogP) is 2.22.